The topological polar surface area (TPSA) is 105 Å². The Morgan fingerprint density at radius 3 is 1.64 bits per heavy atom. The first-order valence-corrected chi connectivity index (χ1v) is 12.5. The van der Waals surface area contributed by atoms with Gasteiger partial charge in [0.05, 0.1) is 18.2 Å². The minimum Gasteiger partial charge on any atom is -0.465 e. The van der Waals surface area contributed by atoms with Gasteiger partial charge in [-0.3, -0.25) is 9.59 Å². The lowest BCUT2D eigenvalue weighted by atomic mass is 9.76. The van der Waals surface area contributed by atoms with Crippen LogP contribution in [0.1, 0.15) is 59.0 Å². The summed E-state index contributed by atoms with van der Waals surface area (Å²) < 4.78 is 20.9. The molecule has 2 aromatic rings. The molecule has 0 heterocycles. The molecule has 0 aromatic heterocycles. The summed E-state index contributed by atoms with van der Waals surface area (Å²) in [7, 11) is 1.28. The van der Waals surface area contributed by atoms with E-state index in [1.54, 1.807) is 69.3 Å². The van der Waals surface area contributed by atoms with Gasteiger partial charge in [0.15, 0.2) is 5.41 Å². The highest BCUT2D eigenvalue weighted by Gasteiger charge is 2.48. The van der Waals surface area contributed by atoms with Crippen molar-refractivity contribution in [3.05, 3.63) is 96.1 Å². The van der Waals surface area contributed by atoms with Gasteiger partial charge in [0.1, 0.15) is 18.8 Å². The lowest BCUT2D eigenvalue weighted by Gasteiger charge is -2.29. The smallest absolute Gasteiger partial charge is 0.338 e. The predicted molar refractivity (Wildman–Crippen MR) is 146 cm³/mol. The largest absolute Gasteiger partial charge is 0.465 e. The Morgan fingerprint density at radius 2 is 1.21 bits per heavy atom. The van der Waals surface area contributed by atoms with Crippen LogP contribution < -0.4 is 0 Å². The van der Waals surface area contributed by atoms with E-state index in [2.05, 4.69) is 13.2 Å². The molecule has 0 saturated heterocycles. The summed E-state index contributed by atoms with van der Waals surface area (Å²) >= 11 is 0. The third kappa shape index (κ3) is 8.95. The van der Waals surface area contributed by atoms with Gasteiger partial charge in [-0.2, -0.15) is 0 Å². The molecular weight excluding hydrogens is 500 g/mol. The number of rotatable bonds is 13. The molecule has 8 heteroatoms. The number of aryl methyl sites for hydroxylation is 1. The third-order valence-electron chi connectivity index (χ3n) is 5.76. The van der Waals surface area contributed by atoms with Gasteiger partial charge in [-0.05, 0) is 75.4 Å². The molecule has 0 atom stereocenters. The fraction of sp³-hybridized carbons (Fsp3) is 0.355. The number of hydrogen-bond donors (Lipinski definition) is 0. The first kappa shape index (κ1) is 31.0. The summed E-state index contributed by atoms with van der Waals surface area (Å²) in [4.78, 5) is 51.0. The van der Waals surface area contributed by atoms with Crippen LogP contribution in [0.5, 0.6) is 0 Å². The zero-order chi connectivity index (χ0) is 29.1. The van der Waals surface area contributed by atoms with Crippen LogP contribution in [0.3, 0.4) is 0 Å². The lowest BCUT2D eigenvalue weighted by Crippen LogP contribution is -2.44. The van der Waals surface area contributed by atoms with Crippen LogP contribution in [0.25, 0.3) is 0 Å². The van der Waals surface area contributed by atoms with Crippen molar-refractivity contribution in [3.63, 3.8) is 0 Å². The highest BCUT2D eigenvalue weighted by Crippen LogP contribution is 2.33. The Morgan fingerprint density at radius 1 is 0.744 bits per heavy atom. The summed E-state index contributed by atoms with van der Waals surface area (Å²) in [5, 5.41) is 0. The average molecular weight is 537 g/mol. The SMILES string of the molecule is C=CCOC(=O)C(CCc1ccc(C(=O)OC(C)(C)C)cc1)(Cc1ccc(C(=O)OC)cc1)C(=O)OCC=C. The van der Waals surface area contributed by atoms with Crippen LogP contribution in [0.2, 0.25) is 0 Å². The van der Waals surface area contributed by atoms with E-state index < -0.39 is 34.9 Å². The summed E-state index contributed by atoms with van der Waals surface area (Å²) in [6, 6.07) is 13.2. The second kappa shape index (κ2) is 14.1. The molecule has 8 nitrogen and oxygen atoms in total. The molecule has 0 aliphatic heterocycles. The van der Waals surface area contributed by atoms with Crippen LogP contribution in [0.15, 0.2) is 73.8 Å². The zero-order valence-corrected chi connectivity index (χ0v) is 23.0. The van der Waals surface area contributed by atoms with Gasteiger partial charge in [0.25, 0.3) is 0 Å². The van der Waals surface area contributed by atoms with E-state index in [-0.39, 0.29) is 26.1 Å². The van der Waals surface area contributed by atoms with Crippen molar-refractivity contribution in [2.75, 3.05) is 20.3 Å². The van der Waals surface area contributed by atoms with Crippen LogP contribution in [-0.4, -0.2) is 49.8 Å². The van der Waals surface area contributed by atoms with Gasteiger partial charge in [0, 0.05) is 0 Å². The maximum absolute atomic E-state index is 13.4. The molecule has 0 bridgehead atoms. The summed E-state index contributed by atoms with van der Waals surface area (Å²) in [5.41, 5.74) is -0.179. The van der Waals surface area contributed by atoms with Crippen molar-refractivity contribution in [1.29, 1.82) is 0 Å². The van der Waals surface area contributed by atoms with Crippen LogP contribution in [0, 0.1) is 5.41 Å². The van der Waals surface area contributed by atoms with Crippen molar-refractivity contribution in [2.24, 2.45) is 5.41 Å². The maximum atomic E-state index is 13.4. The van der Waals surface area contributed by atoms with Gasteiger partial charge in [-0.1, -0.05) is 49.6 Å². The second-order valence-corrected chi connectivity index (χ2v) is 9.92. The average Bonchev–Trinajstić information content (AvgIpc) is 2.91. The van der Waals surface area contributed by atoms with Gasteiger partial charge >= 0.3 is 23.9 Å². The quantitative estimate of drug-likeness (QED) is 0.152. The first-order valence-electron chi connectivity index (χ1n) is 12.5. The van der Waals surface area contributed by atoms with Gasteiger partial charge < -0.3 is 18.9 Å². The molecule has 2 aromatic carbocycles. The molecule has 0 radical (unpaired) electrons. The number of benzene rings is 2. The highest BCUT2D eigenvalue weighted by molar-refractivity contribution is 6.00. The molecule has 0 aliphatic carbocycles. The Kier molecular flexibility index (Phi) is 11.2. The third-order valence-corrected chi connectivity index (χ3v) is 5.76. The van der Waals surface area contributed by atoms with E-state index in [4.69, 9.17) is 18.9 Å². The normalized spacial score (nSPS) is 11.2. The standard InChI is InChI=1S/C31H36O8/c1-7-19-37-28(34)31(29(35)38-20-8-2,21-23-11-15-24(16-12-23)26(32)36-6)18-17-22-9-13-25(14-10-22)27(33)39-30(3,4)5/h7-16H,1-2,17-21H2,3-6H3. The minimum atomic E-state index is -1.69. The molecule has 0 aliphatic rings. The van der Waals surface area contributed by atoms with Crippen molar-refractivity contribution in [1.82, 2.24) is 0 Å². The van der Waals surface area contributed by atoms with E-state index >= 15 is 0 Å². The number of esters is 4. The Labute approximate surface area is 229 Å². The number of ether oxygens (including phenoxy) is 4. The molecule has 208 valence electrons. The van der Waals surface area contributed by atoms with E-state index in [1.165, 1.54) is 19.3 Å². The minimum absolute atomic E-state index is 0.0314. The summed E-state index contributed by atoms with van der Waals surface area (Å²) in [6.07, 6.45) is 3.16. The molecule has 0 N–H and O–H groups in total. The Bertz CT molecular complexity index is 1150. The van der Waals surface area contributed by atoms with Gasteiger partial charge in [-0.25, -0.2) is 9.59 Å². The highest BCUT2D eigenvalue weighted by atomic mass is 16.6. The Balaban J connectivity index is 2.39. The zero-order valence-electron chi connectivity index (χ0n) is 23.0. The molecular formula is C31H36O8. The van der Waals surface area contributed by atoms with Gasteiger partial charge in [0.2, 0.25) is 0 Å². The van der Waals surface area contributed by atoms with Crippen LogP contribution in [0.4, 0.5) is 0 Å². The molecule has 2 rings (SSSR count). The van der Waals surface area contributed by atoms with Crippen molar-refractivity contribution in [2.45, 2.75) is 45.6 Å². The molecule has 0 spiro atoms. The monoisotopic (exact) mass is 536 g/mol. The second-order valence-electron chi connectivity index (χ2n) is 9.92. The molecule has 0 amide bonds. The van der Waals surface area contributed by atoms with Crippen molar-refractivity contribution >= 4 is 23.9 Å². The number of methoxy groups -OCH3 is 1. The Hall–Kier alpha value is -4.20. The van der Waals surface area contributed by atoms with Crippen molar-refractivity contribution in [3.8, 4) is 0 Å². The van der Waals surface area contributed by atoms with Crippen LogP contribution >= 0.6 is 0 Å². The summed E-state index contributed by atoms with van der Waals surface area (Å²) in [5.74, 6) is -2.45. The van der Waals surface area contributed by atoms with E-state index in [0.717, 1.165) is 5.56 Å². The fourth-order valence-corrected chi connectivity index (χ4v) is 3.79. The fourth-order valence-electron chi connectivity index (χ4n) is 3.79. The lowest BCUT2D eigenvalue weighted by molar-refractivity contribution is -0.172. The number of carbonyl (C=O) groups is 4. The van der Waals surface area contributed by atoms with Crippen molar-refractivity contribution < 1.29 is 38.1 Å². The first-order chi connectivity index (χ1) is 18.5. The number of carbonyl (C=O) groups excluding carboxylic acids is 4. The predicted octanol–water partition coefficient (Wildman–Crippen LogP) is 5.05. The van der Waals surface area contributed by atoms with E-state index in [0.29, 0.717) is 23.1 Å². The van der Waals surface area contributed by atoms with Gasteiger partial charge in [-0.15, -0.1) is 0 Å². The van der Waals surface area contributed by atoms with E-state index in [1.807, 2.05) is 0 Å². The van der Waals surface area contributed by atoms with Crippen LogP contribution in [-0.2, 0) is 41.4 Å². The number of hydrogen-bond acceptors (Lipinski definition) is 8. The molecule has 39 heavy (non-hydrogen) atoms. The van der Waals surface area contributed by atoms with E-state index in [9.17, 15) is 19.2 Å². The molecule has 0 saturated carbocycles. The molecule has 0 fully saturated rings. The molecule has 0 unspecified atom stereocenters. The summed E-state index contributed by atoms with van der Waals surface area (Å²) in [6.45, 7) is 12.4. The maximum Gasteiger partial charge on any atom is 0.338 e.